The molecule has 8 nitrogen and oxygen atoms in total. The number of carbonyl (C=O) groups is 1. The number of pyridine rings is 1. The highest BCUT2D eigenvalue weighted by atomic mass is 35.5. The minimum absolute atomic E-state index is 0.0573. The van der Waals surface area contributed by atoms with Gasteiger partial charge in [-0.05, 0) is 80.9 Å². The maximum absolute atomic E-state index is 13.4. The van der Waals surface area contributed by atoms with Crippen LogP contribution in [0.3, 0.4) is 0 Å². The van der Waals surface area contributed by atoms with E-state index in [4.69, 9.17) is 34.7 Å². The molecule has 0 bridgehead atoms. The van der Waals surface area contributed by atoms with Crippen LogP contribution >= 0.6 is 23.2 Å². The van der Waals surface area contributed by atoms with Crippen molar-refractivity contribution < 1.29 is 4.79 Å². The number of hydrogen-bond donors (Lipinski definition) is 2. The second-order valence-electron chi connectivity index (χ2n) is 11.3. The molecule has 1 saturated heterocycles. The molecule has 0 spiro atoms. The van der Waals surface area contributed by atoms with Crippen molar-refractivity contribution in [3.8, 4) is 0 Å². The lowest BCUT2D eigenvalue weighted by molar-refractivity contribution is -0.137. The number of hydrogen-bond acceptors (Lipinski definition) is 7. The van der Waals surface area contributed by atoms with Gasteiger partial charge in [0.15, 0.2) is 0 Å². The predicted octanol–water partition coefficient (Wildman–Crippen LogP) is 6.00. The van der Waals surface area contributed by atoms with E-state index in [1.807, 2.05) is 35.3 Å². The number of rotatable bonds is 7. The fourth-order valence-electron chi connectivity index (χ4n) is 5.82. The normalized spacial score (nSPS) is 19.9. The number of nitrogen functional groups attached to an aromatic ring is 1. The summed E-state index contributed by atoms with van der Waals surface area (Å²) in [6.45, 7) is 9.11. The van der Waals surface area contributed by atoms with Crippen LogP contribution in [-0.4, -0.2) is 72.5 Å². The summed E-state index contributed by atoms with van der Waals surface area (Å²) >= 11 is 12.8. The number of piperidine rings is 1. The summed E-state index contributed by atoms with van der Waals surface area (Å²) < 4.78 is 0. The number of halogens is 2. The van der Waals surface area contributed by atoms with E-state index in [9.17, 15) is 4.79 Å². The molecule has 1 aromatic heterocycles. The van der Waals surface area contributed by atoms with E-state index in [1.165, 1.54) is 6.34 Å². The molecule has 4 rings (SSSR count). The van der Waals surface area contributed by atoms with E-state index < -0.39 is 0 Å². The molecule has 4 N–H and O–H groups in total. The molecule has 2 aromatic rings. The van der Waals surface area contributed by atoms with Crippen molar-refractivity contribution in [1.29, 1.82) is 0 Å². The van der Waals surface area contributed by atoms with Gasteiger partial charge in [0.2, 0.25) is 5.91 Å². The van der Waals surface area contributed by atoms with E-state index in [1.54, 1.807) is 18.6 Å². The fraction of sp³-hybridized carbons (Fsp3) is 0.455. The highest BCUT2D eigenvalue weighted by Gasteiger charge is 2.28. The number of likely N-dealkylation sites (tertiary alicyclic amines) is 1. The summed E-state index contributed by atoms with van der Waals surface area (Å²) in [7, 11) is 0. The van der Waals surface area contributed by atoms with Crippen molar-refractivity contribution in [2.75, 3.05) is 45.0 Å². The summed E-state index contributed by atoms with van der Waals surface area (Å²) in [5.41, 5.74) is 17.6. The van der Waals surface area contributed by atoms with Crippen LogP contribution in [0.1, 0.15) is 62.1 Å². The molecule has 43 heavy (non-hydrogen) atoms. The van der Waals surface area contributed by atoms with Crippen LogP contribution in [0.5, 0.6) is 0 Å². The zero-order valence-corrected chi connectivity index (χ0v) is 26.7. The number of nitrogens with zero attached hydrogens (tertiary/aromatic N) is 5. The molecular weight excluding hydrogens is 581 g/mol. The first-order chi connectivity index (χ1) is 20.8. The topological polar surface area (TPSA) is 113 Å². The zero-order valence-electron chi connectivity index (χ0n) is 25.2. The van der Waals surface area contributed by atoms with Crippen LogP contribution < -0.4 is 11.5 Å². The molecule has 3 heterocycles. The fourth-order valence-corrected chi connectivity index (χ4v) is 6.55. The van der Waals surface area contributed by atoms with Crippen LogP contribution in [0.25, 0.3) is 5.70 Å². The largest absolute Gasteiger partial charge is 0.398 e. The van der Waals surface area contributed by atoms with Gasteiger partial charge in [0, 0.05) is 60.1 Å². The molecule has 10 heteroatoms. The Balaban J connectivity index is 1.49. The third-order valence-electron chi connectivity index (χ3n) is 8.16. The lowest BCUT2D eigenvalue weighted by atomic mass is 9.92. The number of aromatic nitrogens is 1. The van der Waals surface area contributed by atoms with Gasteiger partial charge in [-0.2, -0.15) is 0 Å². The molecule has 1 atom stereocenters. The molecule has 2 aliphatic heterocycles. The van der Waals surface area contributed by atoms with E-state index in [2.05, 4.69) is 33.7 Å². The average Bonchev–Trinajstić information content (AvgIpc) is 2.98. The smallest absolute Gasteiger partial charge is 0.225 e. The van der Waals surface area contributed by atoms with Crippen molar-refractivity contribution in [3.63, 3.8) is 0 Å². The highest BCUT2D eigenvalue weighted by molar-refractivity contribution is 6.35. The van der Waals surface area contributed by atoms with Gasteiger partial charge in [-0.25, -0.2) is 4.99 Å². The Morgan fingerprint density at radius 1 is 1.12 bits per heavy atom. The number of carbonyl (C=O) groups excluding carboxylic acids is 1. The maximum Gasteiger partial charge on any atom is 0.225 e. The lowest BCUT2D eigenvalue weighted by Gasteiger charge is -2.34. The summed E-state index contributed by atoms with van der Waals surface area (Å²) in [6, 6.07) is 5.87. The standard InChI is InChI=1S/C33H43Cl2N7O/c1-3-12-41-14-9-25(10-15-41)33(43)42-13-5-4-6-26(19-40-22-38-11-16-42)32(37)27-18-24(7-8-30(27)36)17-23(2)31-28(34)20-39-21-29(31)35/h4,6-8,18-23,25H,3,5,9-17,36-37H2,1-2H3/b6-4-,32-26+,38-22?,40-19?/t23-/m0/s1. The van der Waals surface area contributed by atoms with E-state index in [-0.39, 0.29) is 17.7 Å². The molecule has 2 aliphatic rings. The number of nitrogens with two attached hydrogens (primary N) is 2. The molecule has 1 aromatic carbocycles. The maximum atomic E-state index is 13.4. The molecule has 0 radical (unpaired) electrons. The zero-order chi connectivity index (χ0) is 30.8. The van der Waals surface area contributed by atoms with Gasteiger partial charge in [-0.3, -0.25) is 14.8 Å². The van der Waals surface area contributed by atoms with E-state index in [0.717, 1.165) is 61.2 Å². The first-order valence-corrected chi connectivity index (χ1v) is 15.9. The van der Waals surface area contributed by atoms with Gasteiger partial charge < -0.3 is 21.3 Å². The Morgan fingerprint density at radius 3 is 2.58 bits per heavy atom. The van der Waals surface area contributed by atoms with Crippen LogP contribution in [0.4, 0.5) is 5.69 Å². The van der Waals surface area contributed by atoms with Crippen LogP contribution in [0.15, 0.2) is 58.3 Å². The number of anilines is 1. The van der Waals surface area contributed by atoms with Gasteiger partial charge in [0.25, 0.3) is 0 Å². The van der Waals surface area contributed by atoms with Gasteiger partial charge in [0.05, 0.1) is 16.6 Å². The summed E-state index contributed by atoms with van der Waals surface area (Å²) in [6.07, 6.45) is 14.8. The van der Waals surface area contributed by atoms with Crippen molar-refractivity contribution >= 4 is 53.0 Å². The van der Waals surface area contributed by atoms with E-state index in [0.29, 0.717) is 53.9 Å². The Bertz CT molecular complexity index is 1360. The van der Waals surface area contributed by atoms with Crippen molar-refractivity contribution in [2.24, 2.45) is 21.6 Å². The van der Waals surface area contributed by atoms with Gasteiger partial charge in [-0.15, -0.1) is 0 Å². The number of amides is 1. The SMILES string of the molecule is CCCN1CCC(C(=O)N2CC/C=C\C(=C(/N)c3cc(C[C@H](C)c4c(Cl)cncc4Cl)ccc3N)C=NC=NCC2)CC1. The molecule has 0 unspecified atom stereocenters. The molecule has 1 fully saturated rings. The Kier molecular flexibility index (Phi) is 12.2. The number of aliphatic imine (C=N–C) groups is 2. The van der Waals surface area contributed by atoms with Crippen molar-refractivity contribution in [3.05, 3.63) is 75.1 Å². The minimum atomic E-state index is 0.0573. The van der Waals surface area contributed by atoms with Crippen molar-refractivity contribution in [2.45, 2.75) is 51.9 Å². The Labute approximate surface area is 265 Å². The van der Waals surface area contributed by atoms with Crippen LogP contribution in [0, 0.1) is 5.92 Å². The number of allylic oxidation sites excluding steroid dienone is 2. The molecule has 1 amide bonds. The summed E-state index contributed by atoms with van der Waals surface area (Å²) in [5.74, 6) is 0.382. The average molecular weight is 625 g/mol. The quantitative estimate of drug-likeness (QED) is 0.367. The summed E-state index contributed by atoms with van der Waals surface area (Å²) in [5, 5.41) is 1.09. The molecular formula is C33H43Cl2N7O. The highest BCUT2D eigenvalue weighted by Crippen LogP contribution is 2.33. The van der Waals surface area contributed by atoms with Crippen LogP contribution in [-0.2, 0) is 11.2 Å². The van der Waals surface area contributed by atoms with Gasteiger partial charge in [0.1, 0.15) is 6.34 Å². The molecule has 230 valence electrons. The lowest BCUT2D eigenvalue weighted by Crippen LogP contribution is -2.43. The first kappa shape index (κ1) is 32.7. The second-order valence-corrected chi connectivity index (χ2v) is 12.2. The van der Waals surface area contributed by atoms with E-state index >= 15 is 0 Å². The van der Waals surface area contributed by atoms with Crippen molar-refractivity contribution in [1.82, 2.24) is 14.8 Å². The first-order valence-electron chi connectivity index (χ1n) is 15.1. The third kappa shape index (κ3) is 8.91. The monoisotopic (exact) mass is 623 g/mol. The second kappa shape index (κ2) is 16.0. The van der Waals surface area contributed by atoms with Gasteiger partial charge in [-0.1, -0.05) is 55.3 Å². The Hall–Kier alpha value is -3.20. The number of benzene rings is 1. The molecule has 0 saturated carbocycles. The Morgan fingerprint density at radius 2 is 1.86 bits per heavy atom. The molecule has 0 aliphatic carbocycles. The summed E-state index contributed by atoms with van der Waals surface area (Å²) in [4.78, 5) is 30.7. The van der Waals surface area contributed by atoms with Gasteiger partial charge >= 0.3 is 0 Å². The van der Waals surface area contributed by atoms with Crippen LogP contribution in [0.2, 0.25) is 10.0 Å². The minimum Gasteiger partial charge on any atom is -0.398 e. The predicted molar refractivity (Wildman–Crippen MR) is 180 cm³/mol. The third-order valence-corrected chi connectivity index (χ3v) is 8.76.